The molecule has 0 radical (unpaired) electrons. The van der Waals surface area contributed by atoms with Crippen molar-refractivity contribution in [1.82, 2.24) is 0 Å². The van der Waals surface area contributed by atoms with Crippen LogP contribution < -0.4 is 4.72 Å². The molecule has 0 heterocycles. The van der Waals surface area contributed by atoms with Gasteiger partial charge in [0.25, 0.3) is 15.7 Å². The summed E-state index contributed by atoms with van der Waals surface area (Å²) in [5.41, 5.74) is -4.92. The number of nitro benzene ring substituents is 1. The molecule has 2 aromatic rings. The van der Waals surface area contributed by atoms with Gasteiger partial charge in [-0.2, -0.15) is 26.3 Å². The number of hydrogen-bond donors (Lipinski definition) is 1. The van der Waals surface area contributed by atoms with Gasteiger partial charge >= 0.3 is 12.4 Å². The highest BCUT2D eigenvalue weighted by molar-refractivity contribution is 7.92. The molecule has 2 aromatic carbocycles. The maximum atomic E-state index is 13.0. The molecule has 0 aliphatic rings. The quantitative estimate of drug-likeness (QED) is 0.455. The van der Waals surface area contributed by atoms with Crippen LogP contribution in [0, 0.1) is 10.1 Å². The first-order chi connectivity index (χ1) is 12.2. The first-order valence-electron chi connectivity index (χ1n) is 6.77. The van der Waals surface area contributed by atoms with Crippen LogP contribution in [0.15, 0.2) is 47.4 Å². The van der Waals surface area contributed by atoms with Gasteiger partial charge in [-0.3, -0.25) is 14.8 Å². The summed E-state index contributed by atoms with van der Waals surface area (Å²) in [5.74, 6) is 0. The fourth-order valence-corrected chi connectivity index (χ4v) is 3.07. The molecule has 0 aromatic heterocycles. The van der Waals surface area contributed by atoms with Gasteiger partial charge in [-0.05, 0) is 30.3 Å². The largest absolute Gasteiger partial charge is 0.418 e. The zero-order valence-electron chi connectivity index (χ0n) is 12.8. The molecular formula is C14H8F6N2O4S. The van der Waals surface area contributed by atoms with Gasteiger partial charge in [0.2, 0.25) is 0 Å². The first-order valence-corrected chi connectivity index (χ1v) is 8.26. The van der Waals surface area contributed by atoms with Crippen LogP contribution in [0.4, 0.5) is 37.7 Å². The van der Waals surface area contributed by atoms with Crippen molar-refractivity contribution in [3.8, 4) is 0 Å². The summed E-state index contributed by atoms with van der Waals surface area (Å²) in [6.45, 7) is 0. The molecule has 13 heteroatoms. The van der Waals surface area contributed by atoms with Crippen LogP contribution in [0.1, 0.15) is 11.1 Å². The van der Waals surface area contributed by atoms with Gasteiger partial charge in [0.1, 0.15) is 0 Å². The van der Waals surface area contributed by atoms with E-state index in [0.29, 0.717) is 0 Å². The lowest BCUT2D eigenvalue weighted by atomic mass is 10.1. The maximum absolute atomic E-state index is 13.0. The summed E-state index contributed by atoms with van der Waals surface area (Å²) in [4.78, 5) is 9.05. The number of anilines is 1. The van der Waals surface area contributed by atoms with Crippen LogP contribution in [0.3, 0.4) is 0 Å². The van der Waals surface area contributed by atoms with E-state index in [-0.39, 0.29) is 18.2 Å². The first kappa shape index (κ1) is 20.5. The molecule has 0 atom stereocenters. The summed E-state index contributed by atoms with van der Waals surface area (Å²) >= 11 is 0. The van der Waals surface area contributed by atoms with Crippen molar-refractivity contribution in [3.05, 3.63) is 63.7 Å². The highest BCUT2D eigenvalue weighted by Crippen LogP contribution is 2.39. The standard InChI is InChI=1S/C14H8F6N2O4S/c15-13(16,17)8-1-6-11(14(18,19)20)12(7-8)21-27(25,26)10-4-2-9(3-5-10)22(23)24/h1-7,21H. The maximum Gasteiger partial charge on any atom is 0.418 e. The minimum atomic E-state index is -5.13. The minimum Gasteiger partial charge on any atom is -0.279 e. The monoisotopic (exact) mass is 414 g/mol. The summed E-state index contributed by atoms with van der Waals surface area (Å²) in [5, 5.41) is 10.5. The van der Waals surface area contributed by atoms with Crippen LogP contribution >= 0.6 is 0 Å². The molecule has 2 rings (SSSR count). The van der Waals surface area contributed by atoms with Crippen LogP contribution in [0.5, 0.6) is 0 Å². The van der Waals surface area contributed by atoms with Crippen molar-refractivity contribution < 1.29 is 39.7 Å². The van der Waals surface area contributed by atoms with Crippen LogP contribution in [0.25, 0.3) is 0 Å². The Morgan fingerprint density at radius 2 is 1.44 bits per heavy atom. The molecule has 0 unspecified atom stereocenters. The average molecular weight is 414 g/mol. The molecule has 1 N–H and O–H groups in total. The molecule has 6 nitrogen and oxygen atoms in total. The lowest BCUT2D eigenvalue weighted by Crippen LogP contribution is -2.18. The number of alkyl halides is 6. The second-order valence-corrected chi connectivity index (χ2v) is 6.79. The summed E-state index contributed by atoms with van der Waals surface area (Å²) in [6, 6.07) is 3.34. The van der Waals surface area contributed by atoms with E-state index < -0.39 is 54.7 Å². The number of nitro groups is 1. The molecule has 0 bridgehead atoms. The van der Waals surface area contributed by atoms with Gasteiger partial charge in [-0.1, -0.05) is 0 Å². The number of nitrogens with zero attached hydrogens (tertiary/aromatic N) is 1. The molecule has 0 saturated heterocycles. The fourth-order valence-electron chi connectivity index (χ4n) is 2.00. The Morgan fingerprint density at radius 1 is 0.889 bits per heavy atom. The highest BCUT2D eigenvalue weighted by Gasteiger charge is 2.38. The number of hydrogen-bond acceptors (Lipinski definition) is 4. The number of non-ortho nitro benzene ring substituents is 1. The predicted octanol–water partition coefficient (Wildman–Crippen LogP) is 4.43. The highest BCUT2D eigenvalue weighted by atomic mass is 32.2. The second kappa shape index (κ2) is 6.72. The van der Waals surface area contributed by atoms with Gasteiger partial charge in [-0.15, -0.1) is 0 Å². The van der Waals surface area contributed by atoms with E-state index in [1.807, 2.05) is 0 Å². The third-order valence-electron chi connectivity index (χ3n) is 3.25. The summed E-state index contributed by atoms with van der Waals surface area (Å²) in [7, 11) is -4.74. The Bertz CT molecular complexity index is 969. The van der Waals surface area contributed by atoms with Crippen LogP contribution in [0.2, 0.25) is 0 Å². The van der Waals surface area contributed by atoms with Crippen molar-refractivity contribution in [2.24, 2.45) is 0 Å². The topological polar surface area (TPSA) is 89.3 Å². The molecule has 27 heavy (non-hydrogen) atoms. The van der Waals surface area contributed by atoms with Gasteiger partial charge in [-0.25, -0.2) is 8.42 Å². The van der Waals surface area contributed by atoms with Gasteiger partial charge in [0, 0.05) is 12.1 Å². The van der Waals surface area contributed by atoms with E-state index in [0.717, 1.165) is 24.3 Å². The van der Waals surface area contributed by atoms with Crippen LogP contribution in [-0.4, -0.2) is 13.3 Å². The predicted molar refractivity (Wildman–Crippen MR) is 80.4 cm³/mol. The van der Waals surface area contributed by atoms with E-state index in [2.05, 4.69) is 0 Å². The molecule has 0 saturated carbocycles. The normalized spacial score (nSPS) is 12.7. The lowest BCUT2D eigenvalue weighted by molar-refractivity contribution is -0.384. The molecule has 0 aliphatic heterocycles. The van der Waals surface area contributed by atoms with Crippen molar-refractivity contribution >= 4 is 21.4 Å². The SMILES string of the molecule is O=[N+]([O-])c1ccc(S(=O)(=O)Nc2cc(C(F)(F)F)ccc2C(F)(F)F)cc1. The smallest absolute Gasteiger partial charge is 0.279 e. The van der Waals surface area contributed by atoms with E-state index in [1.54, 1.807) is 0 Å². The molecule has 0 aliphatic carbocycles. The van der Waals surface area contributed by atoms with Crippen LogP contribution in [-0.2, 0) is 22.4 Å². The molecular weight excluding hydrogens is 406 g/mol. The number of benzene rings is 2. The number of nitrogens with one attached hydrogen (secondary N) is 1. The fraction of sp³-hybridized carbons (Fsp3) is 0.143. The molecule has 0 spiro atoms. The second-order valence-electron chi connectivity index (χ2n) is 5.11. The Kier molecular flexibility index (Phi) is 5.10. The minimum absolute atomic E-state index is 0.0196. The van der Waals surface area contributed by atoms with Crippen molar-refractivity contribution in [2.75, 3.05) is 4.72 Å². The Hall–Kier alpha value is -2.83. The zero-order valence-corrected chi connectivity index (χ0v) is 13.6. The van der Waals surface area contributed by atoms with E-state index in [4.69, 9.17) is 0 Å². The van der Waals surface area contributed by atoms with Crippen molar-refractivity contribution in [3.63, 3.8) is 0 Å². The Morgan fingerprint density at radius 3 is 1.89 bits per heavy atom. The van der Waals surface area contributed by atoms with Crippen molar-refractivity contribution in [1.29, 1.82) is 0 Å². The third-order valence-corrected chi connectivity index (χ3v) is 4.64. The van der Waals surface area contributed by atoms with Gasteiger partial charge < -0.3 is 0 Å². The number of sulfonamides is 1. The summed E-state index contributed by atoms with van der Waals surface area (Å²) < 4.78 is 103. The Labute approximate surface area is 147 Å². The van der Waals surface area contributed by atoms with E-state index in [9.17, 15) is 44.9 Å². The van der Waals surface area contributed by atoms with E-state index >= 15 is 0 Å². The van der Waals surface area contributed by atoms with Gasteiger partial charge in [0.15, 0.2) is 0 Å². The molecule has 0 amide bonds. The summed E-state index contributed by atoms with van der Waals surface area (Å²) in [6.07, 6.45) is -10.1. The number of rotatable bonds is 4. The molecule has 146 valence electrons. The van der Waals surface area contributed by atoms with E-state index in [1.165, 1.54) is 4.72 Å². The average Bonchev–Trinajstić information content (AvgIpc) is 2.52. The Balaban J connectivity index is 2.51. The van der Waals surface area contributed by atoms with Gasteiger partial charge in [0.05, 0.1) is 26.6 Å². The number of halogens is 6. The lowest BCUT2D eigenvalue weighted by Gasteiger charge is -2.17. The van der Waals surface area contributed by atoms with Crippen molar-refractivity contribution in [2.45, 2.75) is 17.2 Å². The molecule has 0 fully saturated rings. The third kappa shape index (κ3) is 4.67. The zero-order chi connectivity index (χ0) is 20.6.